The molecule has 20 heavy (non-hydrogen) atoms. The lowest BCUT2D eigenvalue weighted by molar-refractivity contribution is 0.612. The number of piperazine rings is 1. The Balaban J connectivity index is 1.64. The zero-order valence-electron chi connectivity index (χ0n) is 10.7. The van der Waals surface area contributed by atoms with Crippen LogP contribution in [0.1, 0.15) is 0 Å². The molecule has 2 aromatic heterocycles. The summed E-state index contributed by atoms with van der Waals surface area (Å²) >= 11 is 3.32. The van der Waals surface area contributed by atoms with Crippen molar-refractivity contribution in [3.63, 3.8) is 0 Å². The van der Waals surface area contributed by atoms with E-state index < -0.39 is 0 Å². The van der Waals surface area contributed by atoms with Crippen molar-refractivity contribution >= 4 is 27.7 Å². The normalized spacial score (nSPS) is 15.5. The minimum atomic E-state index is -0.310. The topological polar surface area (TPSA) is 45.2 Å². The Hall–Kier alpha value is -1.76. The average Bonchev–Trinajstić information content (AvgIpc) is 2.49. The van der Waals surface area contributed by atoms with Crippen molar-refractivity contribution in [1.82, 2.24) is 15.0 Å². The van der Waals surface area contributed by atoms with Gasteiger partial charge < -0.3 is 9.80 Å². The molecule has 0 spiro atoms. The van der Waals surface area contributed by atoms with Crippen LogP contribution in [0.5, 0.6) is 0 Å². The molecule has 1 aliphatic rings. The van der Waals surface area contributed by atoms with Crippen LogP contribution < -0.4 is 9.80 Å². The average molecular weight is 338 g/mol. The van der Waals surface area contributed by atoms with Crippen LogP contribution in [0.4, 0.5) is 16.2 Å². The van der Waals surface area contributed by atoms with E-state index in [0.29, 0.717) is 0 Å². The number of nitrogens with zero attached hydrogens (tertiary/aromatic N) is 5. The number of aromatic nitrogens is 3. The fourth-order valence-electron chi connectivity index (χ4n) is 2.16. The van der Waals surface area contributed by atoms with E-state index in [2.05, 4.69) is 40.7 Å². The summed E-state index contributed by atoms with van der Waals surface area (Å²) in [6.07, 6.45) is 4.74. The van der Waals surface area contributed by atoms with E-state index in [9.17, 15) is 4.39 Å². The molecule has 1 aliphatic heterocycles. The summed E-state index contributed by atoms with van der Waals surface area (Å²) in [5.74, 6) is 1.23. The minimum absolute atomic E-state index is 0.310. The van der Waals surface area contributed by atoms with Gasteiger partial charge in [-0.05, 0) is 28.1 Å². The number of hydrogen-bond donors (Lipinski definition) is 0. The second-order valence-electron chi connectivity index (χ2n) is 4.51. The predicted molar refractivity (Wildman–Crippen MR) is 78.4 cm³/mol. The third kappa shape index (κ3) is 2.87. The molecule has 104 valence electrons. The van der Waals surface area contributed by atoms with Gasteiger partial charge in [-0.1, -0.05) is 0 Å². The summed E-state index contributed by atoms with van der Waals surface area (Å²) in [6.45, 7) is 3.28. The number of anilines is 2. The van der Waals surface area contributed by atoms with Crippen molar-refractivity contribution in [3.05, 3.63) is 41.0 Å². The molecule has 7 heteroatoms. The summed E-state index contributed by atoms with van der Waals surface area (Å²) in [4.78, 5) is 17.0. The second-order valence-corrected chi connectivity index (χ2v) is 5.43. The monoisotopic (exact) mass is 337 g/mol. The Morgan fingerprint density at radius 3 is 2.15 bits per heavy atom. The van der Waals surface area contributed by atoms with Gasteiger partial charge in [-0.25, -0.2) is 19.3 Å². The Morgan fingerprint density at radius 2 is 1.55 bits per heavy atom. The van der Waals surface area contributed by atoms with Crippen molar-refractivity contribution in [2.45, 2.75) is 0 Å². The third-order valence-electron chi connectivity index (χ3n) is 3.20. The van der Waals surface area contributed by atoms with Crippen LogP contribution in [-0.4, -0.2) is 41.1 Å². The van der Waals surface area contributed by atoms with Crippen molar-refractivity contribution < 1.29 is 4.39 Å². The summed E-state index contributed by atoms with van der Waals surface area (Å²) in [5, 5.41) is 0. The smallest absolute Gasteiger partial charge is 0.225 e. The molecule has 1 fully saturated rings. The first-order chi connectivity index (χ1) is 9.72. The molecule has 0 saturated carbocycles. The third-order valence-corrected chi connectivity index (χ3v) is 3.61. The molecule has 0 amide bonds. The Bertz CT molecular complexity index is 513. The van der Waals surface area contributed by atoms with Crippen molar-refractivity contribution in [2.24, 2.45) is 0 Å². The fraction of sp³-hybridized carbons (Fsp3) is 0.308. The van der Waals surface area contributed by atoms with E-state index in [1.807, 2.05) is 0 Å². The first-order valence-electron chi connectivity index (χ1n) is 6.31. The van der Waals surface area contributed by atoms with E-state index in [4.69, 9.17) is 0 Å². The van der Waals surface area contributed by atoms with Crippen LogP contribution in [0.3, 0.4) is 0 Å². The van der Waals surface area contributed by atoms with Crippen molar-refractivity contribution in [1.29, 1.82) is 0 Å². The highest BCUT2D eigenvalue weighted by Crippen LogP contribution is 2.17. The molecule has 0 aromatic carbocycles. The molecule has 0 aliphatic carbocycles. The van der Waals surface area contributed by atoms with Crippen LogP contribution in [-0.2, 0) is 0 Å². The Labute approximate surface area is 124 Å². The van der Waals surface area contributed by atoms with Crippen LogP contribution in [0.2, 0.25) is 0 Å². The lowest BCUT2D eigenvalue weighted by Gasteiger charge is -2.35. The minimum Gasteiger partial charge on any atom is -0.353 e. The molecule has 0 radical (unpaired) electrons. The zero-order valence-corrected chi connectivity index (χ0v) is 12.3. The standard InChI is InChI=1S/C13H13BrFN5/c14-10-7-17-13(18-8-10)20-5-3-19(4-6-20)12-2-1-11(15)9-16-12/h1-2,7-9H,3-6H2. The summed E-state index contributed by atoms with van der Waals surface area (Å²) in [6, 6.07) is 3.15. The Morgan fingerprint density at radius 1 is 0.900 bits per heavy atom. The van der Waals surface area contributed by atoms with Gasteiger partial charge in [-0.3, -0.25) is 0 Å². The SMILES string of the molecule is Fc1ccc(N2CCN(c3ncc(Br)cn3)CC2)nc1. The molecule has 2 aromatic rings. The van der Waals surface area contributed by atoms with Gasteiger partial charge in [0.25, 0.3) is 0 Å². The van der Waals surface area contributed by atoms with E-state index in [1.54, 1.807) is 18.5 Å². The lowest BCUT2D eigenvalue weighted by Crippen LogP contribution is -2.47. The van der Waals surface area contributed by atoms with E-state index in [1.165, 1.54) is 12.3 Å². The maximum atomic E-state index is 12.9. The summed E-state index contributed by atoms with van der Waals surface area (Å²) in [5.41, 5.74) is 0. The fourth-order valence-corrected chi connectivity index (χ4v) is 2.36. The van der Waals surface area contributed by atoms with E-state index in [-0.39, 0.29) is 5.82 Å². The van der Waals surface area contributed by atoms with Gasteiger partial charge in [0, 0.05) is 38.6 Å². The summed E-state index contributed by atoms with van der Waals surface area (Å²) < 4.78 is 13.7. The van der Waals surface area contributed by atoms with Gasteiger partial charge in [0.1, 0.15) is 11.6 Å². The van der Waals surface area contributed by atoms with Gasteiger partial charge in [-0.15, -0.1) is 0 Å². The highest BCUT2D eigenvalue weighted by Gasteiger charge is 2.19. The van der Waals surface area contributed by atoms with Crippen LogP contribution in [0, 0.1) is 5.82 Å². The summed E-state index contributed by atoms with van der Waals surface area (Å²) in [7, 11) is 0. The zero-order chi connectivity index (χ0) is 13.9. The largest absolute Gasteiger partial charge is 0.353 e. The van der Waals surface area contributed by atoms with Crippen molar-refractivity contribution in [3.8, 4) is 0 Å². The Kier molecular flexibility index (Phi) is 3.77. The van der Waals surface area contributed by atoms with Gasteiger partial charge >= 0.3 is 0 Å². The van der Waals surface area contributed by atoms with Gasteiger partial charge in [0.2, 0.25) is 5.95 Å². The maximum absolute atomic E-state index is 12.9. The molecular formula is C13H13BrFN5. The maximum Gasteiger partial charge on any atom is 0.225 e. The molecule has 5 nitrogen and oxygen atoms in total. The molecule has 0 N–H and O–H groups in total. The van der Waals surface area contributed by atoms with Crippen molar-refractivity contribution in [2.75, 3.05) is 36.0 Å². The van der Waals surface area contributed by atoms with Gasteiger partial charge in [-0.2, -0.15) is 0 Å². The quantitative estimate of drug-likeness (QED) is 0.839. The molecule has 1 saturated heterocycles. The first kappa shape index (κ1) is 13.2. The van der Waals surface area contributed by atoms with Crippen LogP contribution >= 0.6 is 15.9 Å². The second kappa shape index (κ2) is 5.70. The highest BCUT2D eigenvalue weighted by atomic mass is 79.9. The van der Waals surface area contributed by atoms with Gasteiger partial charge in [0.05, 0.1) is 10.7 Å². The first-order valence-corrected chi connectivity index (χ1v) is 7.11. The molecule has 0 atom stereocenters. The van der Waals surface area contributed by atoms with E-state index in [0.717, 1.165) is 42.4 Å². The number of rotatable bonds is 2. The number of halogens is 2. The molecule has 0 unspecified atom stereocenters. The van der Waals surface area contributed by atoms with Gasteiger partial charge in [0.15, 0.2) is 0 Å². The number of hydrogen-bond acceptors (Lipinski definition) is 5. The van der Waals surface area contributed by atoms with E-state index >= 15 is 0 Å². The van der Waals surface area contributed by atoms with Crippen LogP contribution in [0.15, 0.2) is 35.2 Å². The highest BCUT2D eigenvalue weighted by molar-refractivity contribution is 9.10. The molecule has 3 heterocycles. The molecular weight excluding hydrogens is 325 g/mol. The predicted octanol–water partition coefficient (Wildman–Crippen LogP) is 2.10. The molecule has 0 bridgehead atoms. The number of pyridine rings is 1. The lowest BCUT2D eigenvalue weighted by atomic mass is 10.3. The molecule has 3 rings (SSSR count). The van der Waals surface area contributed by atoms with Crippen LogP contribution in [0.25, 0.3) is 0 Å².